The van der Waals surface area contributed by atoms with Crippen LogP contribution in [0.15, 0.2) is 36.5 Å². The highest BCUT2D eigenvalue weighted by molar-refractivity contribution is 7.87. The molecule has 0 unspecified atom stereocenters. The number of aromatic amines is 1. The van der Waals surface area contributed by atoms with E-state index >= 15 is 0 Å². The molecule has 0 bridgehead atoms. The third-order valence-electron chi connectivity index (χ3n) is 5.31. The smallest absolute Gasteiger partial charge is 0.419 e. The summed E-state index contributed by atoms with van der Waals surface area (Å²) in [6, 6.07) is 7.94. The van der Waals surface area contributed by atoms with Crippen LogP contribution in [0.1, 0.15) is 17.7 Å². The van der Waals surface area contributed by atoms with E-state index < -0.39 is 22.1 Å². The number of hydrogen-bond acceptors (Lipinski definition) is 6. The number of hydrogen-bond donors (Lipinski definition) is 3. The molecule has 1 amide bonds. The number of amides is 1. The molecule has 0 saturated heterocycles. The largest absolute Gasteiger partial charge is 0.496 e. The van der Waals surface area contributed by atoms with E-state index in [0.717, 1.165) is 4.31 Å². The lowest BCUT2D eigenvalue weighted by Gasteiger charge is -2.24. The number of H-pyrrole nitrogens is 1. The number of aromatic nitrogens is 2. The number of carboxylic acid groups (broad SMARTS) is 1. The zero-order valence-corrected chi connectivity index (χ0v) is 18.1. The van der Waals surface area contributed by atoms with Gasteiger partial charge in [0.2, 0.25) is 0 Å². The summed E-state index contributed by atoms with van der Waals surface area (Å²) in [5.41, 5.74) is 2.87. The van der Waals surface area contributed by atoms with Crippen LogP contribution in [0.5, 0.6) is 5.75 Å². The fourth-order valence-corrected chi connectivity index (χ4v) is 4.81. The molecule has 0 saturated carbocycles. The number of pyridine rings is 1. The molecule has 0 radical (unpaired) electrons. The van der Waals surface area contributed by atoms with E-state index in [1.807, 2.05) is 0 Å². The Morgan fingerprint density at radius 2 is 2.15 bits per heavy atom. The normalized spacial score (nSPS) is 14.5. The summed E-state index contributed by atoms with van der Waals surface area (Å²) >= 11 is 0. The summed E-state index contributed by atoms with van der Waals surface area (Å²) < 4.78 is 46.0. The highest BCUT2D eigenvalue weighted by Gasteiger charge is 2.28. The van der Waals surface area contributed by atoms with Crippen molar-refractivity contribution in [2.45, 2.75) is 6.42 Å². The quantitative estimate of drug-likeness (QED) is 0.518. The van der Waals surface area contributed by atoms with E-state index in [1.165, 1.54) is 36.2 Å². The van der Waals surface area contributed by atoms with Gasteiger partial charge in [0.05, 0.1) is 18.4 Å². The van der Waals surface area contributed by atoms with Crippen LogP contribution >= 0.6 is 0 Å². The van der Waals surface area contributed by atoms with Crippen molar-refractivity contribution in [2.75, 3.05) is 20.2 Å². The van der Waals surface area contributed by atoms with Gasteiger partial charge in [0.25, 0.3) is 0 Å². The van der Waals surface area contributed by atoms with E-state index in [-0.39, 0.29) is 25.1 Å². The first-order chi connectivity index (χ1) is 15.7. The minimum Gasteiger partial charge on any atom is -0.496 e. The third-order valence-corrected chi connectivity index (χ3v) is 6.75. The van der Waals surface area contributed by atoms with Crippen molar-refractivity contribution in [1.29, 1.82) is 5.26 Å². The van der Waals surface area contributed by atoms with E-state index in [2.05, 4.69) is 16.0 Å². The first-order valence-electron chi connectivity index (χ1n) is 9.70. The van der Waals surface area contributed by atoms with Gasteiger partial charge in [-0.1, -0.05) is 6.08 Å². The van der Waals surface area contributed by atoms with Gasteiger partial charge in [0.1, 0.15) is 23.3 Å². The van der Waals surface area contributed by atoms with E-state index in [1.54, 1.807) is 12.1 Å². The molecule has 0 fully saturated rings. The summed E-state index contributed by atoms with van der Waals surface area (Å²) in [6.07, 6.45) is 1.71. The monoisotopic (exact) mass is 471 g/mol. The minimum atomic E-state index is -4.18. The number of benzene rings is 1. The van der Waals surface area contributed by atoms with Gasteiger partial charge < -0.3 is 14.8 Å². The number of fused-ring (bicyclic) bond motifs is 1. The minimum absolute atomic E-state index is 0.0205. The maximum Gasteiger partial charge on any atom is 0.419 e. The molecule has 3 aromatic rings. The fraction of sp³-hybridized carbons (Fsp3) is 0.190. The van der Waals surface area contributed by atoms with Crippen LogP contribution < -0.4 is 9.46 Å². The molecule has 1 aliphatic heterocycles. The van der Waals surface area contributed by atoms with Gasteiger partial charge in [-0.15, -0.1) is 0 Å². The number of halogens is 1. The second-order valence-electron chi connectivity index (χ2n) is 7.16. The predicted molar refractivity (Wildman–Crippen MR) is 117 cm³/mol. The molecule has 1 aliphatic rings. The third kappa shape index (κ3) is 4.11. The summed E-state index contributed by atoms with van der Waals surface area (Å²) in [7, 11) is -2.71. The molecule has 33 heavy (non-hydrogen) atoms. The topological polar surface area (TPSA) is 148 Å². The van der Waals surface area contributed by atoms with Crippen LogP contribution in [0.25, 0.3) is 27.7 Å². The molecule has 12 heteroatoms. The molecule has 0 aliphatic carbocycles. The standard InChI is InChI=1S/C21H18FN5O5S/c1-32-17-3-2-13(22)10-15(17)14-4-7-24-20-18(14)16(11-23)19(25-20)12-5-8-27(9-6-12)33(30,31)26-21(28)29/h2-5,7,10,26H,6,8-9H2,1H3,(H,24,25)(H,28,29). The van der Waals surface area contributed by atoms with Crippen LogP contribution in [0.2, 0.25) is 0 Å². The summed E-state index contributed by atoms with van der Waals surface area (Å²) in [5, 5.41) is 19.2. The average Bonchev–Trinajstić information content (AvgIpc) is 3.17. The van der Waals surface area contributed by atoms with Crippen LogP contribution in [0.3, 0.4) is 0 Å². The van der Waals surface area contributed by atoms with Crippen molar-refractivity contribution in [3.05, 3.63) is 53.6 Å². The summed E-state index contributed by atoms with van der Waals surface area (Å²) in [6.45, 7) is -0.0527. The van der Waals surface area contributed by atoms with Crippen LogP contribution in [0, 0.1) is 17.1 Å². The van der Waals surface area contributed by atoms with Crippen molar-refractivity contribution in [3.8, 4) is 22.9 Å². The van der Waals surface area contributed by atoms with Gasteiger partial charge >= 0.3 is 16.3 Å². The number of rotatable bonds is 5. The zero-order chi connectivity index (χ0) is 23.8. The van der Waals surface area contributed by atoms with E-state index in [9.17, 15) is 22.9 Å². The van der Waals surface area contributed by atoms with Crippen molar-refractivity contribution < 1.29 is 27.4 Å². The van der Waals surface area contributed by atoms with Gasteiger partial charge in [0, 0.05) is 30.2 Å². The summed E-state index contributed by atoms with van der Waals surface area (Å²) in [4.78, 5) is 18.2. The Labute approximate surface area is 188 Å². The predicted octanol–water partition coefficient (Wildman–Crippen LogP) is 2.85. The summed E-state index contributed by atoms with van der Waals surface area (Å²) in [5.74, 6) is -0.0320. The second-order valence-corrected chi connectivity index (χ2v) is 8.83. The number of ether oxygens (including phenoxy) is 1. The van der Waals surface area contributed by atoms with Crippen molar-refractivity contribution in [2.24, 2.45) is 0 Å². The van der Waals surface area contributed by atoms with Gasteiger partial charge in [-0.25, -0.2) is 18.9 Å². The zero-order valence-electron chi connectivity index (χ0n) is 17.3. The maximum atomic E-state index is 14.0. The van der Waals surface area contributed by atoms with Crippen LogP contribution in [0.4, 0.5) is 9.18 Å². The van der Waals surface area contributed by atoms with Crippen LogP contribution in [-0.4, -0.2) is 54.1 Å². The molecular weight excluding hydrogens is 453 g/mol. The first kappa shape index (κ1) is 22.3. The molecule has 2 aromatic heterocycles. The molecule has 3 heterocycles. The number of methoxy groups -OCH3 is 1. The average molecular weight is 471 g/mol. The molecule has 4 rings (SSSR count). The first-order valence-corrected chi connectivity index (χ1v) is 11.1. The Morgan fingerprint density at radius 1 is 1.36 bits per heavy atom. The Hall–Kier alpha value is -3.95. The number of nitrogens with one attached hydrogen (secondary N) is 2. The molecule has 0 spiro atoms. The van der Waals surface area contributed by atoms with Crippen molar-refractivity contribution in [1.82, 2.24) is 19.0 Å². The fourth-order valence-electron chi connectivity index (χ4n) is 3.85. The molecule has 170 valence electrons. The number of carbonyl (C=O) groups is 1. The Bertz CT molecular complexity index is 1440. The number of nitriles is 1. The maximum absolute atomic E-state index is 14.0. The highest BCUT2D eigenvalue weighted by atomic mass is 32.2. The highest BCUT2D eigenvalue weighted by Crippen LogP contribution is 2.39. The Morgan fingerprint density at radius 3 is 2.79 bits per heavy atom. The lowest BCUT2D eigenvalue weighted by Crippen LogP contribution is -2.44. The van der Waals surface area contributed by atoms with Gasteiger partial charge in [-0.3, -0.25) is 0 Å². The van der Waals surface area contributed by atoms with Gasteiger partial charge in [-0.05, 0) is 41.8 Å². The number of nitrogens with zero attached hydrogens (tertiary/aromatic N) is 3. The molecule has 0 atom stereocenters. The van der Waals surface area contributed by atoms with Gasteiger partial charge in [0.15, 0.2) is 0 Å². The molecule has 10 nitrogen and oxygen atoms in total. The lowest BCUT2D eigenvalue weighted by atomic mass is 9.97. The van der Waals surface area contributed by atoms with Gasteiger partial charge in [-0.2, -0.15) is 18.0 Å². The molecule has 1 aromatic carbocycles. The Balaban J connectivity index is 1.80. The Kier molecular flexibility index (Phi) is 5.75. The van der Waals surface area contributed by atoms with E-state index in [0.29, 0.717) is 39.2 Å². The van der Waals surface area contributed by atoms with Crippen LogP contribution in [-0.2, 0) is 10.2 Å². The second kappa shape index (κ2) is 8.53. The van der Waals surface area contributed by atoms with Crippen molar-refractivity contribution in [3.63, 3.8) is 0 Å². The molecular formula is C21H18FN5O5S. The van der Waals surface area contributed by atoms with E-state index in [4.69, 9.17) is 9.84 Å². The molecule has 3 N–H and O–H groups in total. The van der Waals surface area contributed by atoms with Crippen molar-refractivity contribution >= 4 is 32.9 Å². The lowest BCUT2D eigenvalue weighted by molar-refractivity contribution is 0.200. The SMILES string of the molecule is COc1ccc(F)cc1-c1ccnc2[nH]c(C3=CCN(S(=O)(=O)NC(=O)O)CC3)c(C#N)c12.